The summed E-state index contributed by atoms with van der Waals surface area (Å²) in [7, 11) is 1.80. The SMILES string of the molecule is CCCN1CCC(NC(=NC)NCc2cccc(C(=O)NC(C)(C)C)c2)CC1. The second kappa shape index (κ2) is 10.5. The number of piperidine rings is 1. The van der Waals surface area contributed by atoms with Gasteiger partial charge in [-0.25, -0.2) is 0 Å². The van der Waals surface area contributed by atoms with Crippen molar-refractivity contribution < 1.29 is 4.79 Å². The quantitative estimate of drug-likeness (QED) is 0.519. The average Bonchev–Trinajstić information content (AvgIpc) is 2.65. The fourth-order valence-electron chi connectivity index (χ4n) is 3.43. The predicted molar refractivity (Wildman–Crippen MR) is 117 cm³/mol. The van der Waals surface area contributed by atoms with Crippen molar-refractivity contribution in [1.82, 2.24) is 20.9 Å². The minimum Gasteiger partial charge on any atom is -0.354 e. The molecule has 1 heterocycles. The van der Waals surface area contributed by atoms with Crippen LogP contribution in [0.1, 0.15) is 62.9 Å². The summed E-state index contributed by atoms with van der Waals surface area (Å²) in [6.07, 6.45) is 3.50. The normalized spacial score (nSPS) is 16.7. The van der Waals surface area contributed by atoms with Crippen LogP contribution < -0.4 is 16.0 Å². The lowest BCUT2D eigenvalue weighted by molar-refractivity contribution is 0.0919. The fraction of sp³-hybridized carbons (Fsp3) is 0.636. The lowest BCUT2D eigenvalue weighted by Crippen LogP contribution is -2.48. The Morgan fingerprint density at radius 1 is 1.25 bits per heavy atom. The van der Waals surface area contributed by atoms with Crippen molar-refractivity contribution in [2.75, 3.05) is 26.7 Å². The van der Waals surface area contributed by atoms with Gasteiger partial charge < -0.3 is 20.9 Å². The van der Waals surface area contributed by atoms with E-state index in [1.54, 1.807) is 7.05 Å². The summed E-state index contributed by atoms with van der Waals surface area (Å²) < 4.78 is 0. The molecule has 0 atom stereocenters. The summed E-state index contributed by atoms with van der Waals surface area (Å²) in [6.45, 7) is 12.3. The van der Waals surface area contributed by atoms with Crippen molar-refractivity contribution in [3.8, 4) is 0 Å². The van der Waals surface area contributed by atoms with Crippen molar-refractivity contribution in [2.24, 2.45) is 4.99 Å². The zero-order valence-electron chi connectivity index (χ0n) is 18.1. The van der Waals surface area contributed by atoms with Crippen LogP contribution in [-0.4, -0.2) is 55.0 Å². The molecule has 0 bridgehead atoms. The van der Waals surface area contributed by atoms with E-state index in [0.29, 0.717) is 18.2 Å². The highest BCUT2D eigenvalue weighted by atomic mass is 16.1. The van der Waals surface area contributed by atoms with Crippen LogP contribution in [0, 0.1) is 0 Å². The Morgan fingerprint density at radius 3 is 2.57 bits per heavy atom. The molecule has 0 saturated carbocycles. The van der Waals surface area contributed by atoms with E-state index in [4.69, 9.17) is 0 Å². The van der Waals surface area contributed by atoms with E-state index in [-0.39, 0.29) is 11.4 Å². The molecule has 0 aromatic heterocycles. The molecule has 1 aliphatic heterocycles. The number of hydrogen-bond acceptors (Lipinski definition) is 3. The molecule has 1 fully saturated rings. The summed E-state index contributed by atoms with van der Waals surface area (Å²) in [5.74, 6) is 0.772. The standard InChI is InChI=1S/C22H37N5O/c1-6-12-27-13-10-19(11-14-27)25-21(23-5)24-16-17-8-7-9-18(15-17)20(28)26-22(2,3)4/h7-9,15,19H,6,10-14,16H2,1-5H3,(H,26,28)(H2,23,24,25). The first-order valence-electron chi connectivity index (χ1n) is 10.4. The molecule has 156 valence electrons. The Hall–Kier alpha value is -2.08. The minimum absolute atomic E-state index is 0.0457. The van der Waals surface area contributed by atoms with Gasteiger partial charge in [-0.15, -0.1) is 0 Å². The lowest BCUT2D eigenvalue weighted by Gasteiger charge is -2.32. The number of benzene rings is 1. The van der Waals surface area contributed by atoms with Gasteiger partial charge in [-0.1, -0.05) is 19.1 Å². The molecule has 1 saturated heterocycles. The maximum atomic E-state index is 12.4. The fourth-order valence-corrected chi connectivity index (χ4v) is 3.43. The number of hydrogen-bond donors (Lipinski definition) is 3. The van der Waals surface area contributed by atoms with Gasteiger partial charge in [-0.2, -0.15) is 0 Å². The number of aliphatic imine (C=N–C) groups is 1. The van der Waals surface area contributed by atoms with Crippen LogP contribution in [0.5, 0.6) is 0 Å². The molecule has 2 rings (SSSR count). The third-order valence-electron chi connectivity index (χ3n) is 4.83. The monoisotopic (exact) mass is 387 g/mol. The highest BCUT2D eigenvalue weighted by molar-refractivity contribution is 5.94. The van der Waals surface area contributed by atoms with E-state index in [1.807, 2.05) is 45.0 Å². The van der Waals surface area contributed by atoms with E-state index in [1.165, 1.54) is 13.0 Å². The molecule has 1 aliphatic rings. The van der Waals surface area contributed by atoms with Crippen LogP contribution in [0.15, 0.2) is 29.3 Å². The molecule has 3 N–H and O–H groups in total. The maximum Gasteiger partial charge on any atom is 0.251 e. The Balaban J connectivity index is 1.85. The summed E-state index contributed by atoms with van der Waals surface area (Å²) in [6, 6.07) is 8.20. The van der Waals surface area contributed by atoms with E-state index in [0.717, 1.165) is 37.5 Å². The largest absolute Gasteiger partial charge is 0.354 e. The number of guanidine groups is 1. The summed E-state index contributed by atoms with van der Waals surface area (Å²) in [5, 5.41) is 9.92. The van der Waals surface area contributed by atoms with Crippen molar-refractivity contribution in [2.45, 2.75) is 65.1 Å². The number of amides is 1. The molecule has 0 unspecified atom stereocenters. The molecule has 1 aromatic rings. The van der Waals surface area contributed by atoms with Crippen LogP contribution in [0.2, 0.25) is 0 Å². The highest BCUT2D eigenvalue weighted by Crippen LogP contribution is 2.11. The van der Waals surface area contributed by atoms with E-state index < -0.39 is 0 Å². The second-order valence-electron chi connectivity index (χ2n) is 8.59. The molecule has 1 amide bonds. The maximum absolute atomic E-state index is 12.4. The van der Waals surface area contributed by atoms with Gasteiger partial charge in [0.15, 0.2) is 5.96 Å². The van der Waals surface area contributed by atoms with Gasteiger partial charge in [0, 0.05) is 43.8 Å². The zero-order valence-corrected chi connectivity index (χ0v) is 18.1. The second-order valence-corrected chi connectivity index (χ2v) is 8.59. The van der Waals surface area contributed by atoms with Gasteiger partial charge in [0.05, 0.1) is 0 Å². The Morgan fingerprint density at radius 2 is 1.96 bits per heavy atom. The van der Waals surface area contributed by atoms with Gasteiger partial charge in [0.25, 0.3) is 5.91 Å². The first kappa shape index (κ1) is 22.2. The lowest BCUT2D eigenvalue weighted by atomic mass is 10.1. The van der Waals surface area contributed by atoms with E-state index in [9.17, 15) is 4.79 Å². The third-order valence-corrected chi connectivity index (χ3v) is 4.83. The average molecular weight is 388 g/mol. The molecule has 28 heavy (non-hydrogen) atoms. The highest BCUT2D eigenvalue weighted by Gasteiger charge is 2.19. The summed E-state index contributed by atoms with van der Waals surface area (Å²) >= 11 is 0. The zero-order chi connectivity index (χ0) is 20.6. The molecule has 6 nitrogen and oxygen atoms in total. The molecule has 0 radical (unpaired) electrons. The Kier molecular flexibility index (Phi) is 8.30. The van der Waals surface area contributed by atoms with Gasteiger partial charge in [0.1, 0.15) is 0 Å². The minimum atomic E-state index is -0.246. The van der Waals surface area contributed by atoms with Crippen molar-refractivity contribution >= 4 is 11.9 Å². The Bertz CT molecular complexity index is 657. The first-order chi connectivity index (χ1) is 13.3. The predicted octanol–water partition coefficient (Wildman–Crippen LogP) is 2.75. The van der Waals surface area contributed by atoms with Crippen molar-refractivity contribution in [1.29, 1.82) is 0 Å². The third kappa shape index (κ3) is 7.50. The van der Waals surface area contributed by atoms with Gasteiger partial charge in [-0.3, -0.25) is 9.79 Å². The molecule has 6 heteroatoms. The van der Waals surface area contributed by atoms with Crippen LogP contribution in [0.3, 0.4) is 0 Å². The topological polar surface area (TPSA) is 68.8 Å². The number of rotatable bonds is 6. The van der Waals surface area contributed by atoms with Crippen LogP contribution >= 0.6 is 0 Å². The van der Waals surface area contributed by atoms with Gasteiger partial charge >= 0.3 is 0 Å². The Labute approximate surface area is 170 Å². The number of nitrogens with one attached hydrogen (secondary N) is 3. The van der Waals surface area contributed by atoms with Gasteiger partial charge in [-0.05, 0) is 64.3 Å². The first-order valence-corrected chi connectivity index (χ1v) is 10.4. The van der Waals surface area contributed by atoms with Gasteiger partial charge in [0.2, 0.25) is 0 Å². The molecule has 0 spiro atoms. The number of nitrogens with zero attached hydrogens (tertiary/aromatic N) is 2. The molecule has 0 aliphatic carbocycles. The van der Waals surface area contributed by atoms with Crippen molar-refractivity contribution in [3.63, 3.8) is 0 Å². The van der Waals surface area contributed by atoms with Crippen LogP contribution in [0.4, 0.5) is 0 Å². The summed E-state index contributed by atoms with van der Waals surface area (Å²) in [5.41, 5.74) is 1.49. The number of carbonyl (C=O) groups excluding carboxylic acids is 1. The molecular weight excluding hydrogens is 350 g/mol. The van der Waals surface area contributed by atoms with Crippen LogP contribution in [-0.2, 0) is 6.54 Å². The van der Waals surface area contributed by atoms with E-state index in [2.05, 4.69) is 32.8 Å². The molecule has 1 aromatic carbocycles. The van der Waals surface area contributed by atoms with Crippen LogP contribution in [0.25, 0.3) is 0 Å². The number of likely N-dealkylation sites (tertiary alicyclic amines) is 1. The van der Waals surface area contributed by atoms with Crippen molar-refractivity contribution in [3.05, 3.63) is 35.4 Å². The number of carbonyl (C=O) groups is 1. The molecular formula is C22H37N5O. The smallest absolute Gasteiger partial charge is 0.251 e. The summed E-state index contributed by atoms with van der Waals surface area (Å²) in [4.78, 5) is 19.3. The van der Waals surface area contributed by atoms with E-state index >= 15 is 0 Å².